The molecule has 0 saturated carbocycles. The molecule has 0 aliphatic rings. The van der Waals surface area contributed by atoms with E-state index >= 15 is 0 Å². The van der Waals surface area contributed by atoms with Crippen molar-refractivity contribution in [1.29, 1.82) is 0 Å². The van der Waals surface area contributed by atoms with E-state index in [2.05, 4.69) is 76.2 Å². The SMILES string of the molecule is CCCCCC(=Nc1ccccc1)C(CCCC)=Nc1cc(CCCCC)cc(CCCCC)c1. The summed E-state index contributed by atoms with van der Waals surface area (Å²) in [6.45, 7) is 9.10. The first-order valence-electron chi connectivity index (χ1n) is 14.5. The first kappa shape index (κ1) is 29.0. The van der Waals surface area contributed by atoms with Crippen LogP contribution in [0.5, 0.6) is 0 Å². The van der Waals surface area contributed by atoms with E-state index in [1.807, 2.05) is 0 Å². The van der Waals surface area contributed by atoms with Gasteiger partial charge < -0.3 is 0 Å². The van der Waals surface area contributed by atoms with Crippen LogP contribution in [0.25, 0.3) is 0 Å². The van der Waals surface area contributed by atoms with Gasteiger partial charge in [0.05, 0.1) is 22.8 Å². The Morgan fingerprint density at radius 2 is 1.00 bits per heavy atom. The van der Waals surface area contributed by atoms with Crippen molar-refractivity contribution < 1.29 is 0 Å². The zero-order chi connectivity index (χ0) is 25.1. The van der Waals surface area contributed by atoms with Crippen molar-refractivity contribution in [3.63, 3.8) is 0 Å². The van der Waals surface area contributed by atoms with Crippen LogP contribution in [0.2, 0.25) is 0 Å². The van der Waals surface area contributed by atoms with Crippen LogP contribution in [0, 0.1) is 0 Å². The summed E-state index contributed by atoms with van der Waals surface area (Å²) >= 11 is 0. The molecular formula is C33H50N2. The Balaban J connectivity index is 2.44. The van der Waals surface area contributed by atoms with Gasteiger partial charge in [0.2, 0.25) is 0 Å². The summed E-state index contributed by atoms with van der Waals surface area (Å²) in [5.74, 6) is 0. The van der Waals surface area contributed by atoms with Gasteiger partial charge in [0.1, 0.15) is 0 Å². The molecule has 2 heteroatoms. The van der Waals surface area contributed by atoms with Crippen molar-refractivity contribution >= 4 is 22.8 Å². The van der Waals surface area contributed by atoms with Gasteiger partial charge in [-0.1, -0.05) is 96.9 Å². The molecule has 0 aliphatic carbocycles. The number of hydrogen-bond donors (Lipinski definition) is 0. The largest absolute Gasteiger partial charge is 0.252 e. The highest BCUT2D eigenvalue weighted by molar-refractivity contribution is 6.43. The first-order valence-corrected chi connectivity index (χ1v) is 14.5. The number of rotatable bonds is 18. The van der Waals surface area contributed by atoms with Gasteiger partial charge in [0.15, 0.2) is 0 Å². The van der Waals surface area contributed by atoms with E-state index in [9.17, 15) is 0 Å². The van der Waals surface area contributed by atoms with E-state index in [-0.39, 0.29) is 0 Å². The van der Waals surface area contributed by atoms with Crippen LogP contribution < -0.4 is 0 Å². The smallest absolute Gasteiger partial charge is 0.0639 e. The molecule has 2 aromatic rings. The molecule has 0 unspecified atom stereocenters. The maximum Gasteiger partial charge on any atom is 0.0639 e. The third kappa shape index (κ3) is 11.8. The number of nitrogens with zero attached hydrogens (tertiary/aromatic N) is 2. The quantitative estimate of drug-likeness (QED) is 0.152. The monoisotopic (exact) mass is 474 g/mol. The number of aliphatic imine (C=N–C) groups is 2. The summed E-state index contributed by atoms with van der Waals surface area (Å²) in [5, 5.41) is 0. The average Bonchev–Trinajstić information content (AvgIpc) is 2.87. The van der Waals surface area contributed by atoms with Crippen molar-refractivity contribution in [2.24, 2.45) is 9.98 Å². The molecule has 0 heterocycles. The minimum atomic E-state index is 1.000. The lowest BCUT2D eigenvalue weighted by molar-refractivity contribution is 0.709. The Morgan fingerprint density at radius 3 is 1.54 bits per heavy atom. The van der Waals surface area contributed by atoms with Crippen molar-refractivity contribution in [1.82, 2.24) is 0 Å². The molecular weight excluding hydrogens is 424 g/mol. The topological polar surface area (TPSA) is 24.7 Å². The maximum atomic E-state index is 5.34. The Morgan fingerprint density at radius 1 is 0.514 bits per heavy atom. The van der Waals surface area contributed by atoms with Gasteiger partial charge in [0.25, 0.3) is 0 Å². The van der Waals surface area contributed by atoms with E-state index in [1.54, 1.807) is 0 Å². The average molecular weight is 475 g/mol. The lowest BCUT2D eigenvalue weighted by Gasteiger charge is -2.13. The predicted octanol–water partition coefficient (Wildman–Crippen LogP) is 10.8. The van der Waals surface area contributed by atoms with Gasteiger partial charge in [-0.3, -0.25) is 9.98 Å². The van der Waals surface area contributed by atoms with Gasteiger partial charge in [0, 0.05) is 0 Å². The Hall–Kier alpha value is -2.22. The van der Waals surface area contributed by atoms with E-state index in [0.717, 1.165) is 43.5 Å². The summed E-state index contributed by atoms with van der Waals surface area (Å²) in [7, 11) is 0. The summed E-state index contributed by atoms with van der Waals surface area (Å²) in [6.07, 6.45) is 17.9. The van der Waals surface area contributed by atoms with Crippen molar-refractivity contribution in [2.45, 2.75) is 124 Å². The third-order valence-electron chi connectivity index (χ3n) is 6.58. The molecule has 0 atom stereocenters. The van der Waals surface area contributed by atoms with E-state index in [0.29, 0.717) is 0 Å². The highest BCUT2D eigenvalue weighted by Gasteiger charge is 2.11. The second kappa shape index (κ2) is 18.1. The molecule has 0 bridgehead atoms. The fourth-order valence-electron chi connectivity index (χ4n) is 4.48. The second-order valence-electron chi connectivity index (χ2n) is 9.94. The highest BCUT2D eigenvalue weighted by Crippen LogP contribution is 2.24. The normalized spacial score (nSPS) is 12.3. The van der Waals surface area contributed by atoms with Crippen molar-refractivity contribution in [3.05, 3.63) is 59.7 Å². The molecule has 0 saturated heterocycles. The Bertz CT molecular complexity index is 851. The van der Waals surface area contributed by atoms with Crippen molar-refractivity contribution in [2.75, 3.05) is 0 Å². The summed E-state index contributed by atoms with van der Waals surface area (Å²) in [6, 6.07) is 17.6. The molecule has 35 heavy (non-hydrogen) atoms. The molecule has 0 amide bonds. The number of benzene rings is 2. The molecule has 0 spiro atoms. The minimum absolute atomic E-state index is 1.000. The van der Waals surface area contributed by atoms with Crippen LogP contribution in [-0.2, 0) is 12.8 Å². The van der Waals surface area contributed by atoms with Gasteiger partial charge in [-0.2, -0.15) is 0 Å². The Labute approximate surface area is 216 Å². The standard InChI is InChI=1S/C33H50N2/c1-5-9-14-19-28-25-29(20-15-10-6-2)27-31(26-28)35-32(23-12-8-4)33(24-16-11-7-3)34-30-21-17-13-18-22-30/h13,17-18,21-22,25-27H,5-12,14-16,19-20,23-24H2,1-4H3. The molecule has 0 N–H and O–H groups in total. The molecule has 0 fully saturated rings. The number of unbranched alkanes of at least 4 members (excludes halogenated alkanes) is 7. The van der Waals surface area contributed by atoms with E-state index in [4.69, 9.17) is 9.98 Å². The summed E-state index contributed by atoms with van der Waals surface area (Å²) in [5.41, 5.74) is 7.45. The minimum Gasteiger partial charge on any atom is -0.252 e. The zero-order valence-corrected chi connectivity index (χ0v) is 23.1. The molecule has 0 aromatic heterocycles. The molecule has 0 aliphatic heterocycles. The first-order chi connectivity index (χ1) is 17.2. The fraction of sp³-hybridized carbons (Fsp3) is 0.576. The molecule has 0 radical (unpaired) electrons. The molecule has 192 valence electrons. The van der Waals surface area contributed by atoms with Gasteiger partial charge in [-0.25, -0.2) is 0 Å². The highest BCUT2D eigenvalue weighted by atomic mass is 14.8. The van der Waals surface area contributed by atoms with E-state index in [1.165, 1.54) is 86.8 Å². The van der Waals surface area contributed by atoms with Gasteiger partial charge in [-0.15, -0.1) is 0 Å². The molecule has 2 nitrogen and oxygen atoms in total. The van der Waals surface area contributed by atoms with Gasteiger partial charge in [-0.05, 0) is 86.8 Å². The lowest BCUT2D eigenvalue weighted by Crippen LogP contribution is -2.14. The van der Waals surface area contributed by atoms with Crippen molar-refractivity contribution in [3.8, 4) is 0 Å². The number of hydrogen-bond acceptors (Lipinski definition) is 2. The van der Waals surface area contributed by atoms with Crippen LogP contribution in [0.1, 0.15) is 122 Å². The van der Waals surface area contributed by atoms with Crippen LogP contribution in [0.3, 0.4) is 0 Å². The lowest BCUT2D eigenvalue weighted by atomic mass is 9.99. The zero-order valence-electron chi connectivity index (χ0n) is 23.1. The fourth-order valence-corrected chi connectivity index (χ4v) is 4.48. The molecule has 2 aromatic carbocycles. The van der Waals surface area contributed by atoms with Crippen LogP contribution in [0.4, 0.5) is 11.4 Å². The summed E-state index contributed by atoms with van der Waals surface area (Å²) < 4.78 is 0. The number of para-hydroxylation sites is 1. The summed E-state index contributed by atoms with van der Waals surface area (Å²) in [4.78, 5) is 10.5. The van der Waals surface area contributed by atoms with E-state index < -0.39 is 0 Å². The number of aryl methyl sites for hydroxylation is 2. The predicted molar refractivity (Wildman–Crippen MR) is 157 cm³/mol. The van der Waals surface area contributed by atoms with Crippen LogP contribution >= 0.6 is 0 Å². The molecule has 2 rings (SSSR count). The van der Waals surface area contributed by atoms with Gasteiger partial charge >= 0.3 is 0 Å². The van der Waals surface area contributed by atoms with Crippen LogP contribution in [-0.4, -0.2) is 11.4 Å². The third-order valence-corrected chi connectivity index (χ3v) is 6.58. The maximum absolute atomic E-state index is 5.34. The Kier molecular flexibility index (Phi) is 15.0. The second-order valence-corrected chi connectivity index (χ2v) is 9.94. The van der Waals surface area contributed by atoms with Crippen LogP contribution in [0.15, 0.2) is 58.5 Å².